The van der Waals surface area contributed by atoms with E-state index < -0.39 is 10.0 Å². The lowest BCUT2D eigenvalue weighted by atomic mass is 10.2. The van der Waals surface area contributed by atoms with Crippen LogP contribution in [-0.4, -0.2) is 41.8 Å². The molecule has 2 rings (SSSR count). The van der Waals surface area contributed by atoms with Gasteiger partial charge in [0.2, 0.25) is 10.0 Å². The normalized spacial score (nSPS) is 18.7. The molecule has 1 saturated heterocycles. The molecule has 2 N–H and O–H groups in total. The van der Waals surface area contributed by atoms with Crippen molar-refractivity contribution in [2.75, 3.05) is 27.3 Å². The Hall–Kier alpha value is -1.31. The van der Waals surface area contributed by atoms with E-state index in [1.165, 1.54) is 20.3 Å². The van der Waals surface area contributed by atoms with Gasteiger partial charge in [0, 0.05) is 18.7 Å². The number of benzene rings is 1. The molecule has 1 aliphatic heterocycles. The highest BCUT2D eigenvalue weighted by molar-refractivity contribution is 7.89. The molecule has 21 heavy (non-hydrogen) atoms. The minimum atomic E-state index is -3.58. The van der Waals surface area contributed by atoms with E-state index in [9.17, 15) is 8.42 Å². The van der Waals surface area contributed by atoms with E-state index in [2.05, 4.69) is 10.0 Å². The second-order valence-electron chi connectivity index (χ2n) is 5.00. The van der Waals surface area contributed by atoms with Crippen LogP contribution in [0.3, 0.4) is 0 Å². The predicted molar refractivity (Wildman–Crippen MR) is 80.4 cm³/mol. The lowest BCUT2D eigenvalue weighted by molar-refractivity contribution is 0.386. The molecule has 0 bridgehead atoms. The SMILES string of the molecule is COc1ccc(S(=O)(=O)NCCC2CCCN2)c(OC)c1. The zero-order valence-corrected chi connectivity index (χ0v) is 13.2. The van der Waals surface area contributed by atoms with Crippen LogP contribution < -0.4 is 19.5 Å². The first kappa shape index (κ1) is 16.1. The van der Waals surface area contributed by atoms with E-state index in [1.54, 1.807) is 12.1 Å². The van der Waals surface area contributed by atoms with E-state index in [1.807, 2.05) is 0 Å². The van der Waals surface area contributed by atoms with Crippen LogP contribution in [0.1, 0.15) is 19.3 Å². The summed E-state index contributed by atoms with van der Waals surface area (Å²) in [6.45, 7) is 1.43. The molecule has 1 heterocycles. The van der Waals surface area contributed by atoms with Crippen LogP contribution in [0, 0.1) is 0 Å². The fourth-order valence-corrected chi connectivity index (χ4v) is 3.64. The van der Waals surface area contributed by atoms with Crippen LogP contribution in [0.4, 0.5) is 0 Å². The second-order valence-corrected chi connectivity index (χ2v) is 6.73. The first-order chi connectivity index (χ1) is 10.1. The number of rotatable bonds is 7. The molecule has 118 valence electrons. The number of ether oxygens (including phenoxy) is 2. The molecule has 0 spiro atoms. The van der Waals surface area contributed by atoms with E-state index in [0.29, 0.717) is 18.3 Å². The Morgan fingerprint density at radius 3 is 2.76 bits per heavy atom. The highest BCUT2D eigenvalue weighted by Gasteiger charge is 2.21. The molecular formula is C14H22N2O4S. The molecule has 6 nitrogen and oxygen atoms in total. The summed E-state index contributed by atoms with van der Waals surface area (Å²) in [5, 5.41) is 3.34. The summed E-state index contributed by atoms with van der Waals surface area (Å²) in [7, 11) is -0.614. The van der Waals surface area contributed by atoms with E-state index in [4.69, 9.17) is 9.47 Å². The topological polar surface area (TPSA) is 76.7 Å². The molecule has 0 saturated carbocycles. The number of methoxy groups -OCH3 is 2. The summed E-state index contributed by atoms with van der Waals surface area (Å²) in [4.78, 5) is 0.130. The molecule has 1 fully saturated rings. The first-order valence-corrected chi connectivity index (χ1v) is 8.50. The van der Waals surface area contributed by atoms with Crippen molar-refractivity contribution in [2.24, 2.45) is 0 Å². The zero-order chi connectivity index (χ0) is 15.3. The molecule has 1 aliphatic rings. The monoisotopic (exact) mass is 314 g/mol. The van der Waals surface area contributed by atoms with E-state index >= 15 is 0 Å². The molecule has 1 atom stereocenters. The maximum absolute atomic E-state index is 12.3. The van der Waals surface area contributed by atoms with Gasteiger partial charge in [0.25, 0.3) is 0 Å². The first-order valence-electron chi connectivity index (χ1n) is 7.02. The Balaban J connectivity index is 2.04. The molecule has 7 heteroatoms. The minimum absolute atomic E-state index is 0.130. The fraction of sp³-hybridized carbons (Fsp3) is 0.571. The third-order valence-electron chi connectivity index (χ3n) is 3.61. The molecular weight excluding hydrogens is 292 g/mol. The minimum Gasteiger partial charge on any atom is -0.497 e. The maximum Gasteiger partial charge on any atom is 0.244 e. The van der Waals surface area contributed by atoms with Gasteiger partial charge in [0.1, 0.15) is 16.4 Å². The standard InChI is InChI=1S/C14H22N2O4S/c1-19-12-5-6-14(13(10-12)20-2)21(17,18)16-9-7-11-4-3-8-15-11/h5-6,10-11,15-16H,3-4,7-9H2,1-2H3. The summed E-state index contributed by atoms with van der Waals surface area (Å²) >= 11 is 0. The van der Waals surface area contributed by atoms with Crippen LogP contribution in [-0.2, 0) is 10.0 Å². The summed E-state index contributed by atoms with van der Waals surface area (Å²) < 4.78 is 37.5. The molecule has 0 radical (unpaired) electrons. The van der Waals surface area contributed by atoms with Gasteiger partial charge in [0.15, 0.2) is 0 Å². The lowest BCUT2D eigenvalue weighted by Gasteiger charge is -2.13. The van der Waals surface area contributed by atoms with Gasteiger partial charge >= 0.3 is 0 Å². The molecule has 1 aromatic carbocycles. The zero-order valence-electron chi connectivity index (χ0n) is 12.4. The van der Waals surface area contributed by atoms with Crippen molar-refractivity contribution in [1.82, 2.24) is 10.0 Å². The van der Waals surface area contributed by atoms with Crippen LogP contribution in [0.25, 0.3) is 0 Å². The maximum atomic E-state index is 12.3. The highest BCUT2D eigenvalue weighted by atomic mass is 32.2. The predicted octanol–water partition coefficient (Wildman–Crippen LogP) is 1.12. The molecule has 1 unspecified atom stereocenters. The van der Waals surface area contributed by atoms with Gasteiger partial charge in [0.05, 0.1) is 14.2 Å². The molecule has 1 aromatic rings. The number of hydrogen-bond acceptors (Lipinski definition) is 5. The Labute approximate surface area is 125 Å². The van der Waals surface area contributed by atoms with Crippen molar-refractivity contribution in [3.05, 3.63) is 18.2 Å². The summed E-state index contributed by atoms with van der Waals surface area (Å²) in [6, 6.07) is 5.07. The van der Waals surface area contributed by atoms with Gasteiger partial charge in [-0.1, -0.05) is 0 Å². The van der Waals surface area contributed by atoms with Gasteiger partial charge in [-0.05, 0) is 37.9 Å². The summed E-state index contributed by atoms with van der Waals surface area (Å²) in [6.07, 6.45) is 3.05. The molecule has 0 amide bonds. The lowest BCUT2D eigenvalue weighted by Crippen LogP contribution is -2.30. The van der Waals surface area contributed by atoms with Crippen LogP contribution in [0.2, 0.25) is 0 Å². The van der Waals surface area contributed by atoms with Crippen LogP contribution in [0.5, 0.6) is 11.5 Å². The Bertz CT molecular complexity index is 568. The summed E-state index contributed by atoms with van der Waals surface area (Å²) in [5.74, 6) is 0.835. The fourth-order valence-electron chi connectivity index (χ4n) is 2.45. The van der Waals surface area contributed by atoms with Gasteiger partial charge in [-0.15, -0.1) is 0 Å². The van der Waals surface area contributed by atoms with Crippen molar-refractivity contribution in [3.8, 4) is 11.5 Å². The van der Waals surface area contributed by atoms with Gasteiger partial charge in [-0.2, -0.15) is 0 Å². The van der Waals surface area contributed by atoms with Crippen molar-refractivity contribution < 1.29 is 17.9 Å². The smallest absolute Gasteiger partial charge is 0.244 e. The van der Waals surface area contributed by atoms with E-state index in [-0.39, 0.29) is 10.6 Å². The Kier molecular flexibility index (Phi) is 5.44. The molecule has 0 aromatic heterocycles. The number of nitrogens with one attached hydrogen (secondary N) is 2. The average Bonchev–Trinajstić information content (AvgIpc) is 2.99. The van der Waals surface area contributed by atoms with Crippen LogP contribution in [0.15, 0.2) is 23.1 Å². The van der Waals surface area contributed by atoms with Gasteiger partial charge in [-0.25, -0.2) is 13.1 Å². The Morgan fingerprint density at radius 2 is 2.14 bits per heavy atom. The summed E-state index contributed by atoms with van der Waals surface area (Å²) in [5.41, 5.74) is 0. The van der Waals surface area contributed by atoms with E-state index in [0.717, 1.165) is 25.8 Å². The second kappa shape index (κ2) is 7.11. The quantitative estimate of drug-likeness (QED) is 0.789. The van der Waals surface area contributed by atoms with Gasteiger partial charge in [-0.3, -0.25) is 0 Å². The van der Waals surface area contributed by atoms with Crippen molar-refractivity contribution >= 4 is 10.0 Å². The average molecular weight is 314 g/mol. The highest BCUT2D eigenvalue weighted by Crippen LogP contribution is 2.28. The van der Waals surface area contributed by atoms with Crippen molar-refractivity contribution in [2.45, 2.75) is 30.2 Å². The number of sulfonamides is 1. The third kappa shape index (κ3) is 4.09. The van der Waals surface area contributed by atoms with Crippen LogP contribution >= 0.6 is 0 Å². The van der Waals surface area contributed by atoms with Gasteiger partial charge < -0.3 is 14.8 Å². The van der Waals surface area contributed by atoms with Crippen molar-refractivity contribution in [1.29, 1.82) is 0 Å². The number of hydrogen-bond donors (Lipinski definition) is 2. The third-order valence-corrected chi connectivity index (χ3v) is 5.11. The van der Waals surface area contributed by atoms with Crippen molar-refractivity contribution in [3.63, 3.8) is 0 Å². The molecule has 0 aliphatic carbocycles. The Morgan fingerprint density at radius 1 is 1.33 bits per heavy atom. The largest absolute Gasteiger partial charge is 0.497 e.